The van der Waals surface area contributed by atoms with Gasteiger partial charge in [0.25, 0.3) is 5.91 Å². The fraction of sp³-hybridized carbons (Fsp3) is 0.185. The van der Waals surface area contributed by atoms with Crippen LogP contribution in [0, 0.1) is 19.7 Å². The highest BCUT2D eigenvalue weighted by Crippen LogP contribution is 2.21. The third-order valence-corrected chi connectivity index (χ3v) is 5.43. The molecule has 1 amide bonds. The molecule has 6 nitrogen and oxygen atoms in total. The van der Waals surface area contributed by atoms with E-state index in [-0.39, 0.29) is 18.3 Å². The standard InChI is InChI=1S/C27H25FN2O4/c1-18-23(19(2)34-30-18)16-32-22-14-12-21(13-15-22)27(31)29-25(20-8-4-3-5-9-20)17-33-26-11-7-6-10-24(26)28/h3-15,25H,16-17H2,1-2H3,(H,29,31). The van der Waals surface area contributed by atoms with Gasteiger partial charge in [-0.2, -0.15) is 0 Å². The van der Waals surface area contributed by atoms with E-state index >= 15 is 0 Å². The normalized spacial score (nSPS) is 11.6. The van der Waals surface area contributed by atoms with Crippen molar-refractivity contribution >= 4 is 5.91 Å². The number of halogens is 1. The molecule has 1 atom stereocenters. The first-order chi connectivity index (χ1) is 16.5. The second kappa shape index (κ2) is 10.7. The molecule has 34 heavy (non-hydrogen) atoms. The topological polar surface area (TPSA) is 73.6 Å². The number of carbonyl (C=O) groups excluding carboxylic acids is 1. The Morgan fingerprint density at radius 2 is 1.68 bits per heavy atom. The van der Waals surface area contributed by atoms with Gasteiger partial charge in [-0.3, -0.25) is 4.79 Å². The zero-order chi connectivity index (χ0) is 23.9. The molecule has 1 unspecified atom stereocenters. The number of amides is 1. The summed E-state index contributed by atoms with van der Waals surface area (Å²) in [4.78, 5) is 12.9. The number of para-hydroxylation sites is 1. The first kappa shape index (κ1) is 23.0. The SMILES string of the molecule is Cc1noc(C)c1COc1ccc(C(=O)NC(COc2ccccc2F)c2ccccc2)cc1. The van der Waals surface area contributed by atoms with Crippen LogP contribution in [-0.4, -0.2) is 17.7 Å². The van der Waals surface area contributed by atoms with Crippen LogP contribution in [0.2, 0.25) is 0 Å². The Kier molecular flexibility index (Phi) is 7.22. The Morgan fingerprint density at radius 3 is 2.35 bits per heavy atom. The van der Waals surface area contributed by atoms with Gasteiger partial charge >= 0.3 is 0 Å². The molecule has 0 saturated carbocycles. The van der Waals surface area contributed by atoms with E-state index in [0.29, 0.717) is 17.9 Å². The lowest BCUT2D eigenvalue weighted by Crippen LogP contribution is -2.32. The van der Waals surface area contributed by atoms with Gasteiger partial charge in [-0.05, 0) is 55.8 Å². The number of rotatable bonds is 9. The first-order valence-electron chi connectivity index (χ1n) is 10.9. The van der Waals surface area contributed by atoms with E-state index in [1.807, 2.05) is 44.2 Å². The molecule has 4 rings (SSSR count). The summed E-state index contributed by atoms with van der Waals surface area (Å²) in [6.45, 7) is 4.11. The average Bonchev–Trinajstić information content (AvgIpc) is 3.19. The Bertz CT molecular complexity index is 1220. The summed E-state index contributed by atoms with van der Waals surface area (Å²) in [5, 5.41) is 6.90. The molecular formula is C27H25FN2O4. The van der Waals surface area contributed by atoms with Crippen molar-refractivity contribution in [1.82, 2.24) is 10.5 Å². The number of benzene rings is 3. The van der Waals surface area contributed by atoms with Gasteiger partial charge in [0.1, 0.15) is 24.7 Å². The van der Waals surface area contributed by atoms with Crippen molar-refractivity contribution in [2.75, 3.05) is 6.61 Å². The van der Waals surface area contributed by atoms with Crippen LogP contribution in [0.1, 0.15) is 39.0 Å². The maximum atomic E-state index is 14.0. The van der Waals surface area contributed by atoms with E-state index in [0.717, 1.165) is 22.6 Å². The lowest BCUT2D eigenvalue weighted by Gasteiger charge is -2.20. The molecule has 1 N–H and O–H groups in total. The van der Waals surface area contributed by atoms with Crippen molar-refractivity contribution < 1.29 is 23.2 Å². The van der Waals surface area contributed by atoms with E-state index < -0.39 is 11.9 Å². The molecule has 0 radical (unpaired) electrons. The summed E-state index contributed by atoms with van der Waals surface area (Å²) < 4.78 is 30.6. The number of aromatic nitrogens is 1. The number of hydrogen-bond donors (Lipinski definition) is 1. The third-order valence-electron chi connectivity index (χ3n) is 5.43. The molecule has 0 bridgehead atoms. The van der Waals surface area contributed by atoms with E-state index in [2.05, 4.69) is 10.5 Å². The minimum atomic E-state index is -0.469. The van der Waals surface area contributed by atoms with Gasteiger partial charge in [-0.15, -0.1) is 0 Å². The van der Waals surface area contributed by atoms with Crippen molar-refractivity contribution in [1.29, 1.82) is 0 Å². The second-order valence-electron chi connectivity index (χ2n) is 7.79. The summed E-state index contributed by atoms with van der Waals surface area (Å²) in [5.41, 5.74) is 3.02. The summed E-state index contributed by atoms with van der Waals surface area (Å²) in [6.07, 6.45) is 0. The summed E-state index contributed by atoms with van der Waals surface area (Å²) in [5.74, 6) is 0.755. The summed E-state index contributed by atoms with van der Waals surface area (Å²) >= 11 is 0. The second-order valence-corrected chi connectivity index (χ2v) is 7.79. The molecule has 4 aromatic rings. The molecule has 1 heterocycles. The molecule has 174 valence electrons. The molecule has 0 aliphatic rings. The van der Waals surface area contributed by atoms with Crippen molar-refractivity contribution in [2.24, 2.45) is 0 Å². The third kappa shape index (κ3) is 5.61. The molecule has 0 spiro atoms. The predicted octanol–water partition coefficient (Wildman–Crippen LogP) is 5.56. The van der Waals surface area contributed by atoms with Gasteiger partial charge in [0.05, 0.1) is 17.3 Å². The van der Waals surface area contributed by atoms with Crippen LogP contribution in [-0.2, 0) is 6.61 Å². The van der Waals surface area contributed by atoms with Gasteiger partial charge in [0.2, 0.25) is 0 Å². The van der Waals surface area contributed by atoms with E-state index in [4.69, 9.17) is 14.0 Å². The maximum Gasteiger partial charge on any atom is 0.251 e. The predicted molar refractivity (Wildman–Crippen MR) is 125 cm³/mol. The van der Waals surface area contributed by atoms with Crippen LogP contribution in [0.5, 0.6) is 11.5 Å². The summed E-state index contributed by atoms with van der Waals surface area (Å²) in [7, 11) is 0. The van der Waals surface area contributed by atoms with Crippen LogP contribution in [0.4, 0.5) is 4.39 Å². The van der Waals surface area contributed by atoms with Crippen LogP contribution < -0.4 is 14.8 Å². The molecule has 0 saturated heterocycles. The maximum absolute atomic E-state index is 14.0. The van der Waals surface area contributed by atoms with Crippen molar-refractivity contribution in [2.45, 2.75) is 26.5 Å². The average molecular weight is 461 g/mol. The first-order valence-corrected chi connectivity index (χ1v) is 10.9. The molecular weight excluding hydrogens is 435 g/mol. The Hall–Kier alpha value is -4.13. The molecule has 1 aromatic heterocycles. The molecule has 7 heteroatoms. The Labute approximate surface area is 197 Å². The fourth-order valence-electron chi connectivity index (χ4n) is 3.45. The highest BCUT2D eigenvalue weighted by Gasteiger charge is 2.18. The van der Waals surface area contributed by atoms with Gasteiger partial charge < -0.3 is 19.3 Å². The summed E-state index contributed by atoms with van der Waals surface area (Å²) in [6, 6.07) is 22.0. The quantitative estimate of drug-likeness (QED) is 0.354. The lowest BCUT2D eigenvalue weighted by molar-refractivity contribution is 0.0920. The minimum Gasteiger partial charge on any atom is -0.489 e. The van der Waals surface area contributed by atoms with Crippen LogP contribution >= 0.6 is 0 Å². The van der Waals surface area contributed by atoms with Gasteiger partial charge in [-0.25, -0.2) is 4.39 Å². The number of hydrogen-bond acceptors (Lipinski definition) is 5. The molecule has 3 aromatic carbocycles. The Balaban J connectivity index is 1.42. The highest BCUT2D eigenvalue weighted by molar-refractivity contribution is 5.94. The van der Waals surface area contributed by atoms with Crippen molar-refractivity contribution in [3.05, 3.63) is 113 Å². The van der Waals surface area contributed by atoms with Crippen LogP contribution in [0.3, 0.4) is 0 Å². The number of nitrogens with one attached hydrogen (secondary N) is 1. The van der Waals surface area contributed by atoms with E-state index in [1.54, 1.807) is 42.5 Å². The lowest BCUT2D eigenvalue weighted by atomic mass is 10.1. The zero-order valence-corrected chi connectivity index (χ0v) is 19.0. The minimum absolute atomic E-state index is 0.0787. The molecule has 0 aliphatic carbocycles. The van der Waals surface area contributed by atoms with Gasteiger partial charge in [0.15, 0.2) is 11.6 Å². The number of ether oxygens (including phenoxy) is 2. The number of carbonyl (C=O) groups is 1. The van der Waals surface area contributed by atoms with E-state index in [9.17, 15) is 9.18 Å². The smallest absolute Gasteiger partial charge is 0.251 e. The van der Waals surface area contributed by atoms with Gasteiger partial charge in [-0.1, -0.05) is 47.6 Å². The Morgan fingerprint density at radius 1 is 0.971 bits per heavy atom. The van der Waals surface area contributed by atoms with Crippen LogP contribution in [0.15, 0.2) is 83.4 Å². The van der Waals surface area contributed by atoms with Gasteiger partial charge in [0, 0.05) is 5.56 Å². The van der Waals surface area contributed by atoms with Crippen molar-refractivity contribution in [3.8, 4) is 11.5 Å². The molecule has 0 fully saturated rings. The number of aryl methyl sites for hydroxylation is 2. The monoisotopic (exact) mass is 460 g/mol. The molecule has 0 aliphatic heterocycles. The zero-order valence-electron chi connectivity index (χ0n) is 19.0. The largest absolute Gasteiger partial charge is 0.489 e. The van der Waals surface area contributed by atoms with E-state index in [1.165, 1.54) is 6.07 Å². The van der Waals surface area contributed by atoms with Crippen LogP contribution in [0.25, 0.3) is 0 Å². The highest BCUT2D eigenvalue weighted by atomic mass is 19.1. The number of nitrogens with zero attached hydrogens (tertiary/aromatic N) is 1. The fourth-order valence-corrected chi connectivity index (χ4v) is 3.45. The van der Waals surface area contributed by atoms with Crippen molar-refractivity contribution in [3.63, 3.8) is 0 Å².